The lowest BCUT2D eigenvalue weighted by Gasteiger charge is -2.31. The monoisotopic (exact) mass is 974 g/mol. The van der Waals surface area contributed by atoms with Gasteiger partial charge < -0.3 is 85.1 Å². The Hall–Kier alpha value is -6.41. The van der Waals surface area contributed by atoms with Crippen molar-refractivity contribution in [3.05, 3.63) is 36.0 Å². The van der Waals surface area contributed by atoms with E-state index in [1.807, 2.05) is 18.2 Å². The molecule has 1 fully saturated rings. The molecule has 0 aliphatic carbocycles. The molecule has 7 amide bonds. The largest absolute Gasteiger partial charge is 0.480 e. The molecule has 3 rings (SSSR count). The summed E-state index contributed by atoms with van der Waals surface area (Å²) in [5.74, 6) is -7.68. The van der Waals surface area contributed by atoms with Crippen molar-refractivity contribution < 1.29 is 58.8 Å². The van der Waals surface area contributed by atoms with E-state index in [0.29, 0.717) is 24.8 Å². The van der Waals surface area contributed by atoms with Crippen LogP contribution in [0.3, 0.4) is 0 Å². The lowest BCUT2D eigenvalue weighted by molar-refractivity contribution is -0.143. The van der Waals surface area contributed by atoms with Crippen molar-refractivity contribution in [3.8, 4) is 0 Å². The predicted molar refractivity (Wildman–Crippen MR) is 252 cm³/mol. The first-order valence-electron chi connectivity index (χ1n) is 23.0. The summed E-state index contributed by atoms with van der Waals surface area (Å²) in [5.41, 5.74) is 24.1. The van der Waals surface area contributed by atoms with Crippen molar-refractivity contribution >= 4 is 64.2 Å². The third-order valence-corrected chi connectivity index (χ3v) is 11.5. The van der Waals surface area contributed by atoms with Crippen LogP contribution in [0.25, 0.3) is 10.9 Å². The van der Waals surface area contributed by atoms with Gasteiger partial charge in [0.1, 0.15) is 48.3 Å². The topological polar surface area (TPSA) is 425 Å². The summed E-state index contributed by atoms with van der Waals surface area (Å²) in [7, 11) is 0. The van der Waals surface area contributed by atoms with Crippen molar-refractivity contribution in [1.29, 1.82) is 0 Å². The minimum Gasteiger partial charge on any atom is -0.480 e. The Balaban J connectivity index is 1.85. The van der Waals surface area contributed by atoms with Gasteiger partial charge in [0.15, 0.2) is 5.96 Å². The van der Waals surface area contributed by atoms with Gasteiger partial charge in [-0.1, -0.05) is 32.0 Å². The van der Waals surface area contributed by atoms with Crippen LogP contribution in [0.1, 0.15) is 77.7 Å². The number of unbranched alkanes of at least 4 members (excludes halogenated alkanes) is 1. The summed E-state index contributed by atoms with van der Waals surface area (Å²) in [6.07, 6.45) is 1.88. The molecule has 69 heavy (non-hydrogen) atoms. The molecule has 2 heterocycles. The molecule has 0 unspecified atom stereocenters. The molecule has 0 saturated carbocycles. The van der Waals surface area contributed by atoms with E-state index in [1.54, 1.807) is 26.1 Å². The standard InChI is InChI=1S/C44H71N13O12/c1-23(2)18-31(43(68)69)54-38(63)32(21-58)55-39(64)33(22-59)56-40(65)34-14-9-17-57(34)42(67)29(12-6-7-15-45)52-36(61)28(13-8-16-49-44(47)48)51-37(62)30(53-41(66)35(46)24(3)60)19-25-20-50-27-11-5-4-10-26(25)27/h4-5,10-11,20,23-24,28-35,50,58-60H,6-9,12-19,21-22,45-46H2,1-3H3,(H,51,62)(H,52,61)(H,53,66)(H,54,63)(H,55,64)(H,56,65)(H,68,69)(H4,47,48,49)/t24-,28+,29+,30+,31+,32+,33+,34+,35+/m1/s1. The van der Waals surface area contributed by atoms with Crippen molar-refractivity contribution in [2.75, 3.05) is 32.8 Å². The number of para-hydroxylation sites is 1. The van der Waals surface area contributed by atoms with Gasteiger partial charge in [-0.3, -0.25) is 38.6 Å². The van der Waals surface area contributed by atoms with Crippen LogP contribution in [0.2, 0.25) is 0 Å². The molecule has 384 valence electrons. The zero-order valence-corrected chi connectivity index (χ0v) is 39.3. The van der Waals surface area contributed by atoms with Crippen molar-refractivity contribution in [2.24, 2.45) is 33.8 Å². The molecule has 1 aromatic heterocycles. The average Bonchev–Trinajstić information content (AvgIpc) is 3.97. The number of aliphatic hydroxyl groups excluding tert-OH is 3. The minimum atomic E-state index is -1.67. The second-order valence-corrected chi connectivity index (χ2v) is 17.5. The van der Waals surface area contributed by atoms with Crippen LogP contribution in [-0.4, -0.2) is 171 Å². The minimum absolute atomic E-state index is 0.0464. The molecule has 0 radical (unpaired) electrons. The zero-order valence-electron chi connectivity index (χ0n) is 39.3. The molecule has 9 atom stereocenters. The smallest absolute Gasteiger partial charge is 0.326 e. The van der Waals surface area contributed by atoms with Crippen LogP contribution in [0.4, 0.5) is 0 Å². The van der Waals surface area contributed by atoms with E-state index in [2.05, 4.69) is 41.9 Å². The summed E-state index contributed by atoms with van der Waals surface area (Å²) < 4.78 is 0. The van der Waals surface area contributed by atoms with E-state index in [9.17, 15) is 58.8 Å². The zero-order chi connectivity index (χ0) is 51.4. The van der Waals surface area contributed by atoms with E-state index in [-0.39, 0.29) is 70.0 Å². The van der Waals surface area contributed by atoms with Crippen molar-refractivity contribution in [1.82, 2.24) is 41.8 Å². The Morgan fingerprint density at radius 3 is 1.94 bits per heavy atom. The molecule has 0 spiro atoms. The number of hydrogen-bond acceptors (Lipinski definition) is 14. The summed E-state index contributed by atoms with van der Waals surface area (Å²) in [6, 6.07) is -3.83. The molecule has 2 aromatic rings. The van der Waals surface area contributed by atoms with E-state index < -0.39 is 115 Å². The van der Waals surface area contributed by atoms with Crippen LogP contribution in [0.15, 0.2) is 35.5 Å². The number of H-pyrrole nitrogens is 1. The first-order chi connectivity index (χ1) is 32.7. The Morgan fingerprint density at radius 1 is 0.768 bits per heavy atom. The predicted octanol–water partition coefficient (Wildman–Crippen LogP) is -4.38. The number of nitrogens with one attached hydrogen (secondary N) is 7. The Kier molecular flexibility index (Phi) is 23.2. The molecule has 1 aliphatic heterocycles. The fourth-order valence-corrected chi connectivity index (χ4v) is 7.68. The Labute approximate surface area is 399 Å². The Morgan fingerprint density at radius 2 is 1.33 bits per heavy atom. The molecule has 25 heteroatoms. The van der Waals surface area contributed by atoms with Crippen LogP contribution >= 0.6 is 0 Å². The highest BCUT2D eigenvalue weighted by Crippen LogP contribution is 2.22. The highest BCUT2D eigenvalue weighted by molar-refractivity contribution is 5.98. The SMILES string of the molecule is CC(C)C[C@H](NC(=O)[C@H](CO)NC(=O)[C@H](CO)NC(=O)[C@@H]1CCCN1C(=O)[C@H](CCCCN)NC(=O)[C@H](CCCN=C(N)N)NC(=O)[C@H](Cc1c[nH]c2ccccc12)NC(=O)[C@@H](N)[C@@H](C)O)C(=O)O. The van der Waals surface area contributed by atoms with E-state index in [4.69, 9.17) is 22.9 Å². The van der Waals surface area contributed by atoms with Gasteiger partial charge in [0.05, 0.1) is 19.3 Å². The quantitative estimate of drug-likeness (QED) is 0.0208. The maximum absolute atomic E-state index is 14.4. The number of nitrogens with two attached hydrogens (primary N) is 4. The molecule has 19 N–H and O–H groups in total. The Bertz CT molecular complexity index is 2100. The number of fused-ring (bicyclic) bond motifs is 1. The number of likely N-dealkylation sites (tertiary alicyclic amines) is 1. The molecular formula is C44H71N13O12. The second kappa shape index (κ2) is 28.2. The fourth-order valence-electron chi connectivity index (χ4n) is 7.68. The van der Waals surface area contributed by atoms with Gasteiger partial charge in [-0.2, -0.15) is 0 Å². The number of hydrogen-bond donors (Lipinski definition) is 15. The second-order valence-electron chi connectivity index (χ2n) is 17.5. The van der Waals surface area contributed by atoms with Crippen LogP contribution < -0.4 is 54.8 Å². The van der Waals surface area contributed by atoms with Crippen LogP contribution in [0.5, 0.6) is 0 Å². The van der Waals surface area contributed by atoms with Gasteiger partial charge in [0.2, 0.25) is 41.4 Å². The van der Waals surface area contributed by atoms with Gasteiger partial charge in [-0.15, -0.1) is 0 Å². The number of guanidine groups is 1. The maximum Gasteiger partial charge on any atom is 0.326 e. The number of aliphatic carboxylic acids is 1. The highest BCUT2D eigenvalue weighted by Gasteiger charge is 2.40. The van der Waals surface area contributed by atoms with Gasteiger partial charge in [-0.25, -0.2) is 4.79 Å². The average molecular weight is 974 g/mol. The number of carboxylic acid groups (broad SMARTS) is 1. The number of nitrogens with zero attached hydrogens (tertiary/aromatic N) is 2. The van der Waals surface area contributed by atoms with Crippen LogP contribution in [-0.2, 0) is 44.8 Å². The number of aliphatic imine (C=N–C) groups is 1. The molecule has 1 aromatic carbocycles. The third kappa shape index (κ3) is 17.6. The molecule has 0 bridgehead atoms. The number of carbonyl (C=O) groups excluding carboxylic acids is 7. The normalized spacial score (nSPS) is 17.0. The first-order valence-corrected chi connectivity index (χ1v) is 23.0. The van der Waals surface area contributed by atoms with Gasteiger partial charge in [-0.05, 0) is 82.4 Å². The third-order valence-electron chi connectivity index (χ3n) is 11.5. The lowest BCUT2D eigenvalue weighted by atomic mass is 10.0. The highest BCUT2D eigenvalue weighted by atomic mass is 16.4. The van der Waals surface area contributed by atoms with E-state index in [1.165, 1.54) is 11.8 Å². The molecule has 25 nitrogen and oxygen atoms in total. The van der Waals surface area contributed by atoms with E-state index >= 15 is 0 Å². The van der Waals surface area contributed by atoms with Crippen molar-refractivity contribution in [3.63, 3.8) is 0 Å². The van der Waals surface area contributed by atoms with Crippen LogP contribution in [0, 0.1) is 5.92 Å². The van der Waals surface area contributed by atoms with Gasteiger partial charge in [0, 0.05) is 36.6 Å². The number of carbonyl (C=O) groups is 8. The number of rotatable bonds is 29. The number of benzene rings is 1. The first kappa shape index (κ1) is 56.9. The summed E-state index contributed by atoms with van der Waals surface area (Å²) in [6.45, 7) is 3.28. The maximum atomic E-state index is 14.4. The van der Waals surface area contributed by atoms with E-state index in [0.717, 1.165) is 10.9 Å². The lowest BCUT2D eigenvalue weighted by Crippen LogP contribution is -2.61. The van der Waals surface area contributed by atoms with Gasteiger partial charge in [0.25, 0.3) is 0 Å². The molecular weight excluding hydrogens is 903 g/mol. The number of aromatic nitrogens is 1. The number of carboxylic acids is 1. The van der Waals surface area contributed by atoms with Gasteiger partial charge >= 0.3 is 5.97 Å². The summed E-state index contributed by atoms with van der Waals surface area (Å²) >= 11 is 0. The number of aromatic amines is 1. The molecule has 1 aliphatic rings. The summed E-state index contributed by atoms with van der Waals surface area (Å²) in [5, 5.41) is 55.2. The number of amides is 7. The number of aliphatic hydroxyl groups is 3. The molecule has 1 saturated heterocycles. The van der Waals surface area contributed by atoms with Crippen molar-refractivity contribution in [2.45, 2.75) is 133 Å². The summed E-state index contributed by atoms with van der Waals surface area (Å²) in [4.78, 5) is 116. The fraction of sp³-hybridized carbons (Fsp3) is 0.614.